The first-order chi connectivity index (χ1) is 12.2. The third kappa shape index (κ3) is 3.44. The predicted molar refractivity (Wildman–Crippen MR) is 89.9 cm³/mol. The van der Waals surface area contributed by atoms with E-state index in [2.05, 4.69) is 0 Å². The monoisotopic (exact) mass is 366 g/mol. The van der Waals surface area contributed by atoms with Gasteiger partial charge in [0.05, 0.1) is 26.4 Å². The Morgan fingerprint density at radius 3 is 2.72 bits per heavy atom. The molecule has 4 heterocycles. The highest BCUT2D eigenvalue weighted by molar-refractivity contribution is 7.09. The quantitative estimate of drug-likeness (QED) is 0.793. The van der Waals surface area contributed by atoms with Gasteiger partial charge in [-0.05, 0) is 11.4 Å². The van der Waals surface area contributed by atoms with Crippen molar-refractivity contribution in [3.8, 4) is 0 Å². The smallest absolute Gasteiger partial charge is 0.249 e. The van der Waals surface area contributed by atoms with E-state index in [1.54, 1.807) is 16.2 Å². The zero-order chi connectivity index (χ0) is 17.3. The fourth-order valence-electron chi connectivity index (χ4n) is 3.64. The van der Waals surface area contributed by atoms with Gasteiger partial charge < -0.3 is 24.0 Å². The molecule has 0 aromatic carbocycles. The molecule has 2 amide bonds. The molecule has 0 N–H and O–H groups in total. The average molecular weight is 366 g/mol. The van der Waals surface area contributed by atoms with Gasteiger partial charge >= 0.3 is 0 Å². The second-order valence-corrected chi connectivity index (χ2v) is 7.60. The van der Waals surface area contributed by atoms with E-state index in [4.69, 9.17) is 14.2 Å². The van der Waals surface area contributed by atoms with Gasteiger partial charge in [0, 0.05) is 30.8 Å². The molecule has 3 fully saturated rings. The van der Waals surface area contributed by atoms with Crippen molar-refractivity contribution in [3.05, 3.63) is 22.4 Å². The first-order valence-corrected chi connectivity index (χ1v) is 9.51. The van der Waals surface area contributed by atoms with Crippen molar-refractivity contribution in [2.24, 2.45) is 0 Å². The number of hydrogen-bond donors (Lipinski definition) is 0. The van der Waals surface area contributed by atoms with E-state index in [9.17, 15) is 9.59 Å². The van der Waals surface area contributed by atoms with Crippen LogP contribution in [0.2, 0.25) is 0 Å². The Kier molecular flexibility index (Phi) is 4.77. The van der Waals surface area contributed by atoms with Gasteiger partial charge in [-0.25, -0.2) is 0 Å². The Balaban J connectivity index is 1.43. The molecular weight excluding hydrogens is 344 g/mol. The second kappa shape index (κ2) is 7.03. The lowest BCUT2D eigenvalue weighted by Gasteiger charge is -2.41. The SMILES string of the molecule is O=C(C1COCC(=O)N1Cc1cccs1)N1CCC2(CC1)OCCO2. The number of carbonyl (C=O) groups is 2. The average Bonchev–Trinajstić information content (AvgIpc) is 3.29. The van der Waals surface area contributed by atoms with E-state index in [1.807, 2.05) is 22.4 Å². The first-order valence-electron chi connectivity index (χ1n) is 8.63. The molecule has 1 aromatic rings. The topological polar surface area (TPSA) is 68.3 Å². The van der Waals surface area contributed by atoms with Crippen LogP contribution in [0.15, 0.2) is 17.5 Å². The highest BCUT2D eigenvalue weighted by atomic mass is 32.1. The third-order valence-corrected chi connectivity index (χ3v) is 5.90. The van der Waals surface area contributed by atoms with Crippen LogP contribution in [0, 0.1) is 0 Å². The van der Waals surface area contributed by atoms with Crippen molar-refractivity contribution in [3.63, 3.8) is 0 Å². The van der Waals surface area contributed by atoms with Gasteiger partial charge in [0.1, 0.15) is 12.6 Å². The molecule has 8 heteroatoms. The molecule has 0 bridgehead atoms. The Morgan fingerprint density at radius 1 is 1.28 bits per heavy atom. The van der Waals surface area contributed by atoms with Gasteiger partial charge in [0.25, 0.3) is 0 Å². The van der Waals surface area contributed by atoms with E-state index in [1.165, 1.54) is 0 Å². The minimum atomic E-state index is -0.553. The van der Waals surface area contributed by atoms with Crippen LogP contribution in [-0.4, -0.2) is 73.0 Å². The molecule has 0 radical (unpaired) electrons. The van der Waals surface area contributed by atoms with Gasteiger partial charge in [0.2, 0.25) is 11.8 Å². The molecule has 3 saturated heterocycles. The zero-order valence-corrected chi connectivity index (χ0v) is 14.8. The molecule has 1 aromatic heterocycles. The third-order valence-electron chi connectivity index (χ3n) is 5.04. The first kappa shape index (κ1) is 17.0. The number of likely N-dealkylation sites (tertiary alicyclic amines) is 1. The number of ether oxygens (including phenoxy) is 3. The number of morpholine rings is 1. The predicted octanol–water partition coefficient (Wildman–Crippen LogP) is 0.841. The molecule has 136 valence electrons. The normalized spacial score (nSPS) is 26.4. The lowest BCUT2D eigenvalue weighted by atomic mass is 10.0. The van der Waals surface area contributed by atoms with Crippen molar-refractivity contribution in [1.82, 2.24) is 9.80 Å². The van der Waals surface area contributed by atoms with Crippen molar-refractivity contribution >= 4 is 23.2 Å². The highest BCUT2D eigenvalue weighted by Gasteiger charge is 2.43. The van der Waals surface area contributed by atoms with Crippen LogP contribution >= 0.6 is 11.3 Å². The number of carbonyl (C=O) groups excluding carboxylic acids is 2. The number of piperidine rings is 1. The van der Waals surface area contributed by atoms with Crippen LogP contribution in [0.25, 0.3) is 0 Å². The fraction of sp³-hybridized carbons (Fsp3) is 0.647. The maximum atomic E-state index is 13.0. The van der Waals surface area contributed by atoms with Crippen LogP contribution in [0.5, 0.6) is 0 Å². The summed E-state index contributed by atoms with van der Waals surface area (Å²) in [5, 5.41) is 1.97. The zero-order valence-electron chi connectivity index (χ0n) is 14.0. The molecule has 1 spiro atoms. The Bertz CT molecular complexity index is 619. The molecule has 1 unspecified atom stereocenters. The summed E-state index contributed by atoms with van der Waals surface area (Å²) in [5.74, 6) is -0.682. The van der Waals surface area contributed by atoms with Crippen LogP contribution in [0.4, 0.5) is 0 Å². The molecule has 1 atom stereocenters. The summed E-state index contributed by atoms with van der Waals surface area (Å²) in [4.78, 5) is 29.9. The molecule has 25 heavy (non-hydrogen) atoms. The minimum Gasteiger partial charge on any atom is -0.369 e. The lowest BCUT2D eigenvalue weighted by molar-refractivity contribution is -0.190. The van der Waals surface area contributed by atoms with Crippen molar-refractivity contribution < 1.29 is 23.8 Å². The summed E-state index contributed by atoms with van der Waals surface area (Å²) in [6.07, 6.45) is 1.34. The van der Waals surface area contributed by atoms with Crippen LogP contribution in [0.3, 0.4) is 0 Å². The Morgan fingerprint density at radius 2 is 2.04 bits per heavy atom. The fourth-order valence-corrected chi connectivity index (χ4v) is 4.34. The van der Waals surface area contributed by atoms with Crippen molar-refractivity contribution in [2.75, 3.05) is 39.5 Å². The number of rotatable bonds is 3. The summed E-state index contributed by atoms with van der Waals surface area (Å²) >= 11 is 1.59. The summed E-state index contributed by atoms with van der Waals surface area (Å²) in [6, 6.07) is 3.38. The molecule has 4 rings (SSSR count). The van der Waals surface area contributed by atoms with Crippen LogP contribution < -0.4 is 0 Å². The van der Waals surface area contributed by atoms with E-state index >= 15 is 0 Å². The van der Waals surface area contributed by atoms with Gasteiger partial charge in [-0.2, -0.15) is 0 Å². The number of thiophene rings is 1. The summed E-state index contributed by atoms with van der Waals surface area (Å²) in [6.45, 7) is 3.15. The summed E-state index contributed by atoms with van der Waals surface area (Å²) in [7, 11) is 0. The standard InChI is InChI=1S/C17H22N2O5S/c20-15-12-22-11-14(19(15)10-13-2-1-9-25-13)16(21)18-5-3-17(4-6-18)23-7-8-24-17/h1-2,9,14H,3-8,10-12H2. The minimum absolute atomic E-state index is 0.0416. The molecule has 3 aliphatic rings. The molecule has 7 nitrogen and oxygen atoms in total. The number of nitrogens with zero attached hydrogens (tertiary/aromatic N) is 2. The van der Waals surface area contributed by atoms with Gasteiger partial charge in [-0.1, -0.05) is 6.07 Å². The van der Waals surface area contributed by atoms with E-state index in [0.29, 0.717) is 45.7 Å². The van der Waals surface area contributed by atoms with E-state index < -0.39 is 11.8 Å². The van der Waals surface area contributed by atoms with Crippen LogP contribution in [-0.2, 0) is 30.3 Å². The van der Waals surface area contributed by atoms with Crippen LogP contribution in [0.1, 0.15) is 17.7 Å². The Labute approximate surface area is 150 Å². The van der Waals surface area contributed by atoms with Gasteiger partial charge in [-0.15, -0.1) is 11.3 Å². The largest absolute Gasteiger partial charge is 0.369 e. The maximum absolute atomic E-state index is 13.0. The highest BCUT2D eigenvalue weighted by Crippen LogP contribution is 2.32. The summed E-state index contributed by atoms with van der Waals surface area (Å²) in [5.41, 5.74) is 0. The van der Waals surface area contributed by atoms with Crippen molar-refractivity contribution in [2.45, 2.75) is 31.2 Å². The summed E-state index contributed by atoms with van der Waals surface area (Å²) < 4.78 is 16.8. The van der Waals surface area contributed by atoms with Gasteiger partial charge in [-0.3, -0.25) is 9.59 Å². The Hall–Kier alpha value is -1.48. The molecule has 0 aliphatic carbocycles. The van der Waals surface area contributed by atoms with Gasteiger partial charge in [0.15, 0.2) is 5.79 Å². The molecule has 3 aliphatic heterocycles. The van der Waals surface area contributed by atoms with E-state index in [0.717, 1.165) is 4.88 Å². The maximum Gasteiger partial charge on any atom is 0.249 e. The molecule has 0 saturated carbocycles. The lowest BCUT2D eigenvalue weighted by Crippen LogP contribution is -2.58. The second-order valence-electron chi connectivity index (χ2n) is 6.56. The number of hydrogen-bond acceptors (Lipinski definition) is 6. The molecular formula is C17H22N2O5S. The number of amides is 2. The van der Waals surface area contributed by atoms with E-state index in [-0.39, 0.29) is 25.0 Å². The van der Waals surface area contributed by atoms with Crippen molar-refractivity contribution in [1.29, 1.82) is 0 Å².